The average molecular weight is 331 g/mol. The fraction of sp³-hybridized carbons (Fsp3) is 0.833. The molecule has 0 fully saturated rings. The van der Waals surface area contributed by atoms with Gasteiger partial charge in [0.05, 0.1) is 6.10 Å². The fourth-order valence-corrected chi connectivity index (χ4v) is 2.63. The predicted molar refractivity (Wildman–Crippen MR) is 96.7 cm³/mol. The first kappa shape index (κ1) is 21.5. The molecule has 3 nitrogen and oxygen atoms in total. The smallest absolute Gasteiger partial charge is 0.303 e. The third-order valence-corrected chi connectivity index (χ3v) is 4.10. The first-order valence-corrected chi connectivity index (χ1v) is 9.45. The maximum absolute atomic E-state index is 10.3. The zero-order valence-electron chi connectivity index (χ0n) is 13.9. The van der Waals surface area contributed by atoms with Gasteiger partial charge < -0.3 is 10.2 Å². The second-order valence-corrected chi connectivity index (χ2v) is 6.43. The van der Waals surface area contributed by atoms with Crippen molar-refractivity contribution in [2.75, 3.05) is 5.75 Å². The van der Waals surface area contributed by atoms with Gasteiger partial charge in [0.2, 0.25) is 0 Å². The van der Waals surface area contributed by atoms with Crippen molar-refractivity contribution in [2.45, 2.75) is 89.6 Å². The van der Waals surface area contributed by atoms with Crippen LogP contribution in [0.15, 0.2) is 12.2 Å². The van der Waals surface area contributed by atoms with E-state index in [-0.39, 0.29) is 6.10 Å². The van der Waals surface area contributed by atoms with Gasteiger partial charge in [0, 0.05) is 6.42 Å². The standard InChI is InChI=1S/C18H34O3S/c19-17(14-10-7-8-12-16-22)13-9-5-3-1-2-4-6-11-15-18(20)21/h5,9,17,19,22H,1-4,6-8,10-16H2,(H,20,21)/t17-/m0/s1. The second-order valence-electron chi connectivity index (χ2n) is 5.99. The van der Waals surface area contributed by atoms with Crippen molar-refractivity contribution in [1.29, 1.82) is 0 Å². The molecule has 0 aliphatic heterocycles. The summed E-state index contributed by atoms with van der Waals surface area (Å²) in [5.74, 6) is 0.272. The molecule has 0 aliphatic rings. The number of unbranched alkanes of at least 4 members (excludes halogenated alkanes) is 8. The largest absolute Gasteiger partial charge is 0.481 e. The van der Waals surface area contributed by atoms with Crippen LogP contribution >= 0.6 is 12.6 Å². The summed E-state index contributed by atoms with van der Waals surface area (Å²) < 4.78 is 0. The van der Waals surface area contributed by atoms with E-state index >= 15 is 0 Å². The summed E-state index contributed by atoms with van der Waals surface area (Å²) in [7, 11) is 0. The third-order valence-electron chi connectivity index (χ3n) is 3.78. The summed E-state index contributed by atoms with van der Waals surface area (Å²) in [4.78, 5) is 10.3. The number of hydrogen-bond donors (Lipinski definition) is 3. The molecular formula is C18H34O3S. The SMILES string of the molecule is O=C(O)CCCCCCCC=CC[C@H](O)CCCCCCS. The molecule has 0 aliphatic carbocycles. The van der Waals surface area contributed by atoms with Gasteiger partial charge in [0.1, 0.15) is 0 Å². The minimum atomic E-state index is -0.691. The minimum Gasteiger partial charge on any atom is -0.481 e. The fourth-order valence-electron chi connectivity index (χ4n) is 2.40. The lowest BCUT2D eigenvalue weighted by Gasteiger charge is -2.07. The number of carbonyl (C=O) groups is 1. The molecule has 0 radical (unpaired) electrons. The Kier molecular flexibility index (Phi) is 16.5. The van der Waals surface area contributed by atoms with Crippen LogP contribution in [0.1, 0.15) is 83.5 Å². The van der Waals surface area contributed by atoms with Crippen LogP contribution in [0, 0.1) is 0 Å². The molecule has 0 aromatic rings. The zero-order valence-corrected chi connectivity index (χ0v) is 14.8. The van der Waals surface area contributed by atoms with Crippen molar-refractivity contribution in [3.63, 3.8) is 0 Å². The van der Waals surface area contributed by atoms with Crippen LogP contribution in [-0.4, -0.2) is 28.0 Å². The number of hydrogen-bond acceptors (Lipinski definition) is 3. The van der Waals surface area contributed by atoms with E-state index in [1.807, 2.05) is 0 Å². The number of carboxylic acid groups (broad SMARTS) is 1. The number of rotatable bonds is 16. The molecule has 0 aromatic heterocycles. The predicted octanol–water partition coefficient (Wildman–Crippen LogP) is 4.99. The summed E-state index contributed by atoms with van der Waals surface area (Å²) >= 11 is 4.19. The van der Waals surface area contributed by atoms with Gasteiger partial charge in [-0.2, -0.15) is 12.6 Å². The van der Waals surface area contributed by atoms with E-state index < -0.39 is 5.97 Å². The molecule has 130 valence electrons. The van der Waals surface area contributed by atoms with Gasteiger partial charge >= 0.3 is 5.97 Å². The molecule has 0 spiro atoms. The first-order chi connectivity index (χ1) is 10.7. The van der Waals surface area contributed by atoms with E-state index in [0.29, 0.717) is 6.42 Å². The monoisotopic (exact) mass is 330 g/mol. The van der Waals surface area contributed by atoms with Crippen molar-refractivity contribution in [2.24, 2.45) is 0 Å². The van der Waals surface area contributed by atoms with Crippen molar-refractivity contribution < 1.29 is 15.0 Å². The molecule has 1 atom stereocenters. The summed E-state index contributed by atoms with van der Waals surface area (Å²) in [5.41, 5.74) is 0. The van der Waals surface area contributed by atoms with E-state index in [1.54, 1.807) is 0 Å². The van der Waals surface area contributed by atoms with E-state index in [0.717, 1.165) is 63.5 Å². The van der Waals surface area contributed by atoms with Crippen LogP contribution in [0.3, 0.4) is 0 Å². The Balaban J connectivity index is 3.26. The summed E-state index contributed by atoms with van der Waals surface area (Å²) in [5, 5.41) is 18.4. The number of aliphatic carboxylic acids is 1. The van der Waals surface area contributed by atoms with Gasteiger partial charge in [-0.05, 0) is 44.3 Å². The van der Waals surface area contributed by atoms with Crippen molar-refractivity contribution in [1.82, 2.24) is 0 Å². The van der Waals surface area contributed by atoms with Gasteiger partial charge in [-0.1, -0.05) is 50.7 Å². The highest BCUT2D eigenvalue weighted by atomic mass is 32.1. The molecule has 22 heavy (non-hydrogen) atoms. The third kappa shape index (κ3) is 17.6. The van der Waals surface area contributed by atoms with Crippen molar-refractivity contribution in [3.8, 4) is 0 Å². The lowest BCUT2D eigenvalue weighted by Crippen LogP contribution is -2.04. The molecule has 0 aromatic carbocycles. The maximum Gasteiger partial charge on any atom is 0.303 e. The lowest BCUT2D eigenvalue weighted by atomic mass is 10.1. The van der Waals surface area contributed by atoms with Crippen LogP contribution in [0.25, 0.3) is 0 Å². The molecule has 0 bridgehead atoms. The van der Waals surface area contributed by atoms with Gasteiger partial charge in [-0.25, -0.2) is 0 Å². The van der Waals surface area contributed by atoms with E-state index in [9.17, 15) is 9.90 Å². The quantitative estimate of drug-likeness (QED) is 0.212. The highest BCUT2D eigenvalue weighted by Gasteiger charge is 2.01. The molecule has 2 N–H and O–H groups in total. The first-order valence-electron chi connectivity index (χ1n) is 8.82. The van der Waals surface area contributed by atoms with Crippen LogP contribution in [0.2, 0.25) is 0 Å². The molecule has 0 saturated heterocycles. The highest BCUT2D eigenvalue weighted by molar-refractivity contribution is 7.80. The van der Waals surface area contributed by atoms with Gasteiger partial charge in [-0.3, -0.25) is 4.79 Å². The van der Waals surface area contributed by atoms with Crippen LogP contribution in [0.5, 0.6) is 0 Å². The highest BCUT2D eigenvalue weighted by Crippen LogP contribution is 2.10. The minimum absolute atomic E-state index is 0.191. The molecule has 0 rings (SSSR count). The van der Waals surface area contributed by atoms with Crippen LogP contribution in [-0.2, 0) is 4.79 Å². The number of thiol groups is 1. The van der Waals surface area contributed by atoms with Gasteiger partial charge in [0.25, 0.3) is 0 Å². The normalized spacial score (nSPS) is 12.8. The maximum atomic E-state index is 10.3. The zero-order chi connectivity index (χ0) is 16.5. The Hall–Kier alpha value is -0.480. The Morgan fingerprint density at radius 1 is 0.909 bits per heavy atom. The molecular weight excluding hydrogens is 296 g/mol. The second kappa shape index (κ2) is 16.9. The Morgan fingerprint density at radius 2 is 1.55 bits per heavy atom. The van der Waals surface area contributed by atoms with E-state index in [2.05, 4.69) is 24.8 Å². The van der Waals surface area contributed by atoms with E-state index in [4.69, 9.17) is 5.11 Å². The number of aliphatic hydroxyl groups excluding tert-OH is 1. The lowest BCUT2D eigenvalue weighted by molar-refractivity contribution is -0.137. The Morgan fingerprint density at radius 3 is 2.27 bits per heavy atom. The summed E-state index contributed by atoms with van der Waals surface area (Å²) in [6.07, 6.45) is 17.1. The molecule has 0 saturated carbocycles. The number of aliphatic hydroxyl groups is 1. The number of carboxylic acids is 1. The van der Waals surface area contributed by atoms with Crippen molar-refractivity contribution >= 4 is 18.6 Å². The average Bonchev–Trinajstić information content (AvgIpc) is 2.48. The topological polar surface area (TPSA) is 57.5 Å². The molecule has 0 amide bonds. The van der Waals surface area contributed by atoms with Crippen LogP contribution < -0.4 is 0 Å². The Bertz CT molecular complexity index is 280. The molecule has 4 heteroatoms. The molecule has 0 heterocycles. The summed E-state index contributed by atoms with van der Waals surface area (Å²) in [6, 6.07) is 0. The Labute approximate surface area is 141 Å². The van der Waals surface area contributed by atoms with Crippen molar-refractivity contribution in [3.05, 3.63) is 12.2 Å². The summed E-state index contributed by atoms with van der Waals surface area (Å²) in [6.45, 7) is 0. The molecule has 0 unspecified atom stereocenters. The van der Waals surface area contributed by atoms with Gasteiger partial charge in [0.15, 0.2) is 0 Å². The van der Waals surface area contributed by atoms with Gasteiger partial charge in [-0.15, -0.1) is 0 Å². The van der Waals surface area contributed by atoms with E-state index in [1.165, 1.54) is 19.3 Å². The van der Waals surface area contributed by atoms with Crippen LogP contribution in [0.4, 0.5) is 0 Å². The number of allylic oxidation sites excluding steroid dienone is 1.